The highest BCUT2D eigenvalue weighted by atomic mass is 15.2. The van der Waals surface area contributed by atoms with Crippen LogP contribution in [-0.4, -0.2) is 36.6 Å². The summed E-state index contributed by atoms with van der Waals surface area (Å²) in [4.78, 5) is 18.7. The Hall–Kier alpha value is -3.52. The number of pyridine rings is 1. The van der Waals surface area contributed by atoms with Crippen LogP contribution in [0.15, 0.2) is 55.0 Å². The number of rotatable bonds is 7. The molecule has 4 N–H and O–H groups in total. The van der Waals surface area contributed by atoms with E-state index in [9.17, 15) is 0 Å². The van der Waals surface area contributed by atoms with E-state index in [0.29, 0.717) is 12.5 Å². The number of aromatic nitrogens is 5. The molecule has 0 aliphatic heterocycles. The Morgan fingerprint density at radius 2 is 1.85 bits per heavy atom. The third-order valence-corrected chi connectivity index (χ3v) is 6.49. The van der Waals surface area contributed by atoms with Crippen molar-refractivity contribution in [2.75, 3.05) is 10.6 Å². The first kappa shape index (κ1) is 22.3. The van der Waals surface area contributed by atoms with Crippen molar-refractivity contribution in [2.24, 2.45) is 5.73 Å². The van der Waals surface area contributed by atoms with E-state index in [2.05, 4.69) is 63.3 Å². The fraction of sp³-hybridized carbons (Fsp3) is 0.385. The van der Waals surface area contributed by atoms with Gasteiger partial charge >= 0.3 is 0 Å². The van der Waals surface area contributed by atoms with Gasteiger partial charge in [0.15, 0.2) is 17.0 Å². The van der Waals surface area contributed by atoms with Crippen LogP contribution in [0.3, 0.4) is 0 Å². The molecule has 1 saturated carbocycles. The smallest absolute Gasteiger partial charge is 0.227 e. The molecule has 5 rings (SSSR count). The summed E-state index contributed by atoms with van der Waals surface area (Å²) in [5.74, 6) is 1.33. The van der Waals surface area contributed by atoms with E-state index in [1.165, 1.54) is 12.8 Å². The van der Waals surface area contributed by atoms with Gasteiger partial charge in [-0.25, -0.2) is 4.98 Å². The molecule has 3 aromatic heterocycles. The van der Waals surface area contributed by atoms with Crippen molar-refractivity contribution in [1.29, 1.82) is 0 Å². The highest BCUT2D eigenvalue weighted by molar-refractivity contribution is 5.84. The third-order valence-electron chi connectivity index (χ3n) is 6.49. The molecule has 1 fully saturated rings. The molecular formula is C26H32N8. The third kappa shape index (κ3) is 4.72. The molecule has 176 valence electrons. The number of fused-ring (bicyclic) bond motifs is 1. The van der Waals surface area contributed by atoms with Crippen molar-refractivity contribution in [3.8, 4) is 11.3 Å². The SMILES string of the molecule is CC(C)n1cnc2c(NCc3ccc(-c4ccccn4)cc3)nc(NC3CCCCC3N)nc21. The monoisotopic (exact) mass is 456 g/mol. The second-order valence-corrected chi connectivity index (χ2v) is 9.28. The first-order valence-electron chi connectivity index (χ1n) is 12.1. The lowest BCUT2D eigenvalue weighted by Gasteiger charge is -2.29. The van der Waals surface area contributed by atoms with Crippen LogP contribution >= 0.6 is 0 Å². The van der Waals surface area contributed by atoms with Crippen LogP contribution in [0, 0.1) is 0 Å². The number of hydrogen-bond donors (Lipinski definition) is 3. The first-order chi connectivity index (χ1) is 16.6. The van der Waals surface area contributed by atoms with E-state index < -0.39 is 0 Å². The van der Waals surface area contributed by atoms with Gasteiger partial charge in [0.1, 0.15) is 0 Å². The van der Waals surface area contributed by atoms with Crippen molar-refractivity contribution in [3.05, 3.63) is 60.6 Å². The van der Waals surface area contributed by atoms with E-state index >= 15 is 0 Å². The zero-order valence-electron chi connectivity index (χ0n) is 19.8. The minimum absolute atomic E-state index is 0.122. The number of anilines is 2. The molecule has 0 amide bonds. The van der Waals surface area contributed by atoms with Gasteiger partial charge in [-0.3, -0.25) is 4.98 Å². The Labute approximate surface area is 200 Å². The topological polar surface area (TPSA) is 107 Å². The lowest BCUT2D eigenvalue weighted by molar-refractivity contribution is 0.402. The highest BCUT2D eigenvalue weighted by Crippen LogP contribution is 2.26. The van der Waals surface area contributed by atoms with E-state index in [-0.39, 0.29) is 18.1 Å². The van der Waals surface area contributed by atoms with Crippen molar-refractivity contribution in [1.82, 2.24) is 24.5 Å². The number of hydrogen-bond acceptors (Lipinski definition) is 7. The molecular weight excluding hydrogens is 424 g/mol. The summed E-state index contributed by atoms with van der Waals surface area (Å²) in [6.07, 6.45) is 8.09. The Morgan fingerprint density at radius 3 is 2.59 bits per heavy atom. The largest absolute Gasteiger partial charge is 0.364 e. The molecule has 3 heterocycles. The van der Waals surface area contributed by atoms with Crippen LogP contribution in [0.25, 0.3) is 22.4 Å². The lowest BCUT2D eigenvalue weighted by Crippen LogP contribution is -2.43. The molecule has 34 heavy (non-hydrogen) atoms. The average molecular weight is 457 g/mol. The van der Waals surface area contributed by atoms with Crippen molar-refractivity contribution in [3.63, 3.8) is 0 Å². The minimum Gasteiger partial charge on any atom is -0.364 e. The predicted molar refractivity (Wildman–Crippen MR) is 137 cm³/mol. The maximum absolute atomic E-state index is 6.37. The van der Waals surface area contributed by atoms with E-state index in [4.69, 9.17) is 15.7 Å². The van der Waals surface area contributed by atoms with E-state index in [1.54, 1.807) is 0 Å². The highest BCUT2D eigenvalue weighted by Gasteiger charge is 2.23. The zero-order chi connectivity index (χ0) is 23.5. The molecule has 1 aromatic carbocycles. The molecule has 2 unspecified atom stereocenters. The second-order valence-electron chi connectivity index (χ2n) is 9.28. The van der Waals surface area contributed by atoms with Crippen LogP contribution < -0.4 is 16.4 Å². The second kappa shape index (κ2) is 9.77. The number of benzene rings is 1. The van der Waals surface area contributed by atoms with Gasteiger partial charge in [-0.05, 0) is 44.4 Å². The minimum atomic E-state index is 0.122. The maximum Gasteiger partial charge on any atom is 0.227 e. The Bertz CT molecular complexity index is 1230. The molecule has 8 heteroatoms. The first-order valence-corrected chi connectivity index (χ1v) is 12.1. The summed E-state index contributed by atoms with van der Waals surface area (Å²) < 4.78 is 2.08. The molecule has 0 radical (unpaired) electrons. The van der Waals surface area contributed by atoms with Gasteiger partial charge in [0, 0.05) is 36.4 Å². The molecule has 2 atom stereocenters. The van der Waals surface area contributed by atoms with Gasteiger partial charge in [-0.1, -0.05) is 43.2 Å². The van der Waals surface area contributed by atoms with Crippen LogP contribution in [-0.2, 0) is 6.54 Å². The summed E-state index contributed by atoms with van der Waals surface area (Å²) >= 11 is 0. The summed E-state index contributed by atoms with van der Waals surface area (Å²) in [7, 11) is 0. The molecule has 8 nitrogen and oxygen atoms in total. The van der Waals surface area contributed by atoms with E-state index in [0.717, 1.165) is 46.6 Å². The van der Waals surface area contributed by atoms with Gasteiger partial charge < -0.3 is 20.9 Å². The predicted octanol–water partition coefficient (Wildman–Crippen LogP) is 4.76. The maximum atomic E-state index is 6.37. The summed E-state index contributed by atoms with van der Waals surface area (Å²) in [5, 5.41) is 7.00. The van der Waals surface area contributed by atoms with Crippen LogP contribution in [0.2, 0.25) is 0 Å². The van der Waals surface area contributed by atoms with Crippen LogP contribution in [0.1, 0.15) is 51.1 Å². The quantitative estimate of drug-likeness (QED) is 0.368. The van der Waals surface area contributed by atoms with Gasteiger partial charge in [0.2, 0.25) is 5.95 Å². The number of nitrogens with two attached hydrogens (primary N) is 1. The molecule has 4 aromatic rings. The number of nitrogens with zero attached hydrogens (tertiary/aromatic N) is 5. The van der Waals surface area contributed by atoms with Crippen molar-refractivity contribution < 1.29 is 0 Å². The molecule has 0 bridgehead atoms. The molecule has 1 aliphatic rings. The molecule has 1 aliphatic carbocycles. The molecule has 0 saturated heterocycles. The van der Waals surface area contributed by atoms with Gasteiger partial charge in [-0.2, -0.15) is 9.97 Å². The number of nitrogens with one attached hydrogen (secondary N) is 2. The van der Waals surface area contributed by atoms with Crippen LogP contribution in [0.5, 0.6) is 0 Å². The fourth-order valence-electron chi connectivity index (χ4n) is 4.50. The van der Waals surface area contributed by atoms with Gasteiger partial charge in [0.25, 0.3) is 0 Å². The van der Waals surface area contributed by atoms with Crippen LogP contribution in [0.4, 0.5) is 11.8 Å². The van der Waals surface area contributed by atoms with E-state index in [1.807, 2.05) is 30.7 Å². The Kier molecular flexibility index (Phi) is 6.40. The average Bonchev–Trinajstić information content (AvgIpc) is 3.29. The lowest BCUT2D eigenvalue weighted by atomic mass is 9.91. The summed E-state index contributed by atoms with van der Waals surface area (Å²) in [6, 6.07) is 14.9. The Balaban J connectivity index is 1.39. The van der Waals surface area contributed by atoms with Gasteiger partial charge in [-0.15, -0.1) is 0 Å². The summed E-state index contributed by atoms with van der Waals surface area (Å²) in [5.41, 5.74) is 11.2. The number of imidazole rings is 1. The van der Waals surface area contributed by atoms with Crippen molar-refractivity contribution in [2.45, 2.75) is 64.2 Å². The molecule has 0 spiro atoms. The summed E-state index contributed by atoms with van der Waals surface area (Å²) in [6.45, 7) is 4.89. The van der Waals surface area contributed by atoms with Crippen molar-refractivity contribution >= 4 is 22.9 Å². The zero-order valence-corrected chi connectivity index (χ0v) is 19.8. The van der Waals surface area contributed by atoms with Gasteiger partial charge in [0.05, 0.1) is 12.0 Å². The standard InChI is InChI=1S/C26H32N8/c1-17(2)34-16-30-23-24(32-26(33-25(23)34)31-22-9-4-3-7-20(22)27)29-15-18-10-12-19(13-11-18)21-8-5-6-14-28-21/h5-6,8,10-14,16-17,20,22H,3-4,7,9,15,27H2,1-2H3,(H2,29,31,32,33). The fourth-order valence-corrected chi connectivity index (χ4v) is 4.50. The Morgan fingerprint density at radius 1 is 1.03 bits per heavy atom. The normalized spacial score (nSPS) is 18.4.